The van der Waals surface area contributed by atoms with Crippen molar-refractivity contribution in [3.63, 3.8) is 0 Å². The van der Waals surface area contributed by atoms with Gasteiger partial charge in [-0.2, -0.15) is 0 Å². The van der Waals surface area contributed by atoms with Crippen LogP contribution >= 0.6 is 23.6 Å². The van der Waals surface area contributed by atoms with Gasteiger partial charge in [-0.15, -0.1) is 0 Å². The molecule has 2 N–H and O–H groups in total. The molecule has 1 fully saturated rings. The fourth-order valence-corrected chi connectivity index (χ4v) is 5.28. The van der Waals surface area contributed by atoms with Gasteiger partial charge in [0.25, 0.3) is 0 Å². The van der Waals surface area contributed by atoms with Gasteiger partial charge in [-0.3, -0.25) is 9.55 Å². The highest BCUT2D eigenvalue weighted by molar-refractivity contribution is 7.80. The highest BCUT2D eigenvalue weighted by Crippen LogP contribution is 2.40. The number of benzene rings is 1. The van der Waals surface area contributed by atoms with Crippen molar-refractivity contribution in [1.82, 2.24) is 24.8 Å². The molecule has 30 heavy (non-hydrogen) atoms. The molecular formula is C22H21N5OS2. The molecule has 2 atom stereocenters. The highest BCUT2D eigenvalue weighted by atomic mass is 32.1. The number of pyridine rings is 1. The number of aliphatic hydroxyl groups is 1. The Balaban J connectivity index is 1.60. The van der Waals surface area contributed by atoms with Crippen molar-refractivity contribution < 1.29 is 5.11 Å². The second-order valence-corrected chi connectivity index (χ2v) is 8.56. The van der Waals surface area contributed by atoms with Crippen LogP contribution in [0.3, 0.4) is 0 Å². The van der Waals surface area contributed by atoms with Gasteiger partial charge in [-0.1, -0.05) is 29.5 Å². The molecule has 4 heterocycles. The molecule has 0 bridgehead atoms. The standard InChI is InChI=1S/C22H21N5OS2/c28-14-6-13-27-20(19(25-21(27)29)16-8-3-4-11-23-16)17-9-5-12-26(17)22-24-15-7-1-2-10-18(15)30-22/h1-5,7-12,19-20,28H,6,13-14H2,(H,25,29)/t19-,20+/m1/s1. The average Bonchev–Trinajstić information content (AvgIpc) is 3.49. The first-order valence-electron chi connectivity index (χ1n) is 9.88. The Bertz CT molecular complexity index is 1140. The summed E-state index contributed by atoms with van der Waals surface area (Å²) < 4.78 is 3.30. The molecule has 8 heteroatoms. The Morgan fingerprint density at radius 2 is 1.97 bits per heavy atom. The molecule has 1 aromatic carbocycles. The zero-order chi connectivity index (χ0) is 20.5. The molecule has 5 rings (SSSR count). The molecule has 1 aliphatic heterocycles. The van der Waals surface area contributed by atoms with E-state index in [9.17, 15) is 5.11 Å². The summed E-state index contributed by atoms with van der Waals surface area (Å²) in [5.41, 5.74) is 3.03. The summed E-state index contributed by atoms with van der Waals surface area (Å²) in [7, 11) is 0. The van der Waals surface area contributed by atoms with Crippen molar-refractivity contribution >= 4 is 38.9 Å². The quantitative estimate of drug-likeness (QED) is 0.449. The van der Waals surface area contributed by atoms with Gasteiger partial charge in [0, 0.05) is 25.5 Å². The summed E-state index contributed by atoms with van der Waals surface area (Å²) in [5.74, 6) is 0. The number of thiazole rings is 1. The minimum Gasteiger partial charge on any atom is -0.396 e. The molecule has 3 aromatic heterocycles. The summed E-state index contributed by atoms with van der Waals surface area (Å²) in [4.78, 5) is 11.6. The van der Waals surface area contributed by atoms with Crippen LogP contribution in [0.25, 0.3) is 15.3 Å². The van der Waals surface area contributed by atoms with Gasteiger partial charge in [-0.25, -0.2) is 4.98 Å². The number of nitrogens with one attached hydrogen (secondary N) is 1. The van der Waals surface area contributed by atoms with Gasteiger partial charge < -0.3 is 15.3 Å². The largest absolute Gasteiger partial charge is 0.396 e. The van der Waals surface area contributed by atoms with Gasteiger partial charge in [-0.05, 0) is 55.0 Å². The molecular weight excluding hydrogens is 414 g/mol. The fourth-order valence-electron chi connectivity index (χ4n) is 3.98. The first kappa shape index (κ1) is 19.2. The first-order valence-corrected chi connectivity index (χ1v) is 11.1. The maximum Gasteiger partial charge on any atom is 0.194 e. The van der Waals surface area contributed by atoms with E-state index in [2.05, 4.69) is 31.9 Å². The maximum absolute atomic E-state index is 9.41. The minimum atomic E-state index is -0.0829. The van der Waals surface area contributed by atoms with E-state index < -0.39 is 0 Å². The Morgan fingerprint density at radius 3 is 2.77 bits per heavy atom. The predicted octanol–water partition coefficient (Wildman–Crippen LogP) is 3.84. The molecule has 0 spiro atoms. The lowest BCUT2D eigenvalue weighted by Crippen LogP contribution is -2.31. The lowest BCUT2D eigenvalue weighted by molar-refractivity contribution is 0.245. The Morgan fingerprint density at radius 1 is 1.10 bits per heavy atom. The number of hydrogen-bond acceptors (Lipinski definition) is 5. The van der Waals surface area contributed by atoms with Crippen molar-refractivity contribution in [2.75, 3.05) is 13.2 Å². The molecule has 1 aliphatic rings. The molecule has 0 unspecified atom stereocenters. The number of thiocarbonyl (C=S) groups is 1. The van der Waals surface area contributed by atoms with Crippen molar-refractivity contribution in [3.8, 4) is 5.13 Å². The van der Waals surface area contributed by atoms with Crippen LogP contribution in [-0.2, 0) is 0 Å². The molecule has 0 aliphatic carbocycles. The van der Waals surface area contributed by atoms with Crippen LogP contribution < -0.4 is 5.32 Å². The summed E-state index contributed by atoms with van der Waals surface area (Å²) in [6, 6.07) is 18.1. The normalized spacial score (nSPS) is 18.8. The van der Waals surface area contributed by atoms with E-state index in [1.54, 1.807) is 17.5 Å². The SMILES string of the molecule is OCCCN1C(=S)N[C@H](c2ccccn2)[C@@H]1c1cccn1-c1nc2ccccc2s1. The van der Waals surface area contributed by atoms with Crippen molar-refractivity contribution in [2.24, 2.45) is 0 Å². The fraction of sp³-hybridized carbons (Fsp3) is 0.227. The molecule has 0 saturated carbocycles. The lowest BCUT2D eigenvalue weighted by atomic mass is 10.0. The van der Waals surface area contributed by atoms with Crippen LogP contribution in [0.4, 0.5) is 0 Å². The molecule has 0 radical (unpaired) electrons. The number of hydrogen-bond donors (Lipinski definition) is 2. The number of nitrogens with zero attached hydrogens (tertiary/aromatic N) is 4. The summed E-state index contributed by atoms with van der Waals surface area (Å²) in [6.45, 7) is 0.792. The topological polar surface area (TPSA) is 66.2 Å². The van der Waals surface area contributed by atoms with Crippen LogP contribution in [0.15, 0.2) is 67.0 Å². The summed E-state index contributed by atoms with van der Waals surface area (Å²) in [5, 5.41) is 14.5. The zero-order valence-electron chi connectivity index (χ0n) is 16.2. The van der Waals surface area contributed by atoms with Crippen LogP contribution in [0.1, 0.15) is 29.9 Å². The van der Waals surface area contributed by atoms with Gasteiger partial charge in [0.1, 0.15) is 0 Å². The molecule has 1 saturated heterocycles. The molecule has 152 valence electrons. The van der Waals surface area contributed by atoms with Crippen molar-refractivity contribution in [3.05, 3.63) is 78.4 Å². The van der Waals surface area contributed by atoms with E-state index in [4.69, 9.17) is 17.2 Å². The van der Waals surface area contributed by atoms with Crippen molar-refractivity contribution in [2.45, 2.75) is 18.5 Å². The second-order valence-electron chi connectivity index (χ2n) is 7.16. The van der Waals surface area contributed by atoms with E-state index >= 15 is 0 Å². The summed E-state index contributed by atoms with van der Waals surface area (Å²) >= 11 is 7.35. The van der Waals surface area contributed by atoms with Gasteiger partial charge in [0.15, 0.2) is 10.2 Å². The van der Waals surface area contributed by atoms with Crippen LogP contribution in [0.5, 0.6) is 0 Å². The van der Waals surface area contributed by atoms with Crippen LogP contribution in [0.2, 0.25) is 0 Å². The monoisotopic (exact) mass is 435 g/mol. The maximum atomic E-state index is 9.41. The van der Waals surface area contributed by atoms with Gasteiger partial charge >= 0.3 is 0 Å². The third-order valence-corrected chi connectivity index (χ3v) is 6.71. The van der Waals surface area contributed by atoms with Crippen molar-refractivity contribution in [1.29, 1.82) is 0 Å². The second kappa shape index (κ2) is 8.14. The van der Waals surface area contributed by atoms with E-state index in [1.807, 2.05) is 48.7 Å². The third kappa shape index (κ3) is 3.36. The first-order chi connectivity index (χ1) is 14.8. The Hall–Kier alpha value is -2.81. The molecule has 0 amide bonds. The zero-order valence-corrected chi connectivity index (χ0v) is 17.8. The predicted molar refractivity (Wildman–Crippen MR) is 123 cm³/mol. The molecule has 4 aromatic rings. The Kier molecular flexibility index (Phi) is 5.20. The van der Waals surface area contributed by atoms with E-state index in [1.165, 1.54) is 0 Å². The lowest BCUT2D eigenvalue weighted by Gasteiger charge is -2.28. The molecule has 6 nitrogen and oxygen atoms in total. The smallest absolute Gasteiger partial charge is 0.194 e. The van der Waals surface area contributed by atoms with Gasteiger partial charge in [0.2, 0.25) is 0 Å². The number of rotatable bonds is 6. The highest BCUT2D eigenvalue weighted by Gasteiger charge is 2.41. The number of aliphatic hydroxyl groups excluding tert-OH is 1. The van der Waals surface area contributed by atoms with E-state index in [0.717, 1.165) is 26.7 Å². The minimum absolute atomic E-state index is 0.0547. The van der Waals surface area contributed by atoms with Gasteiger partial charge in [0.05, 0.1) is 33.7 Å². The number of aromatic nitrogens is 3. The van der Waals surface area contributed by atoms with E-state index in [-0.39, 0.29) is 18.7 Å². The third-order valence-electron chi connectivity index (χ3n) is 5.33. The van der Waals surface area contributed by atoms with E-state index in [0.29, 0.717) is 18.1 Å². The summed E-state index contributed by atoms with van der Waals surface area (Å²) in [6.07, 6.45) is 4.50. The average molecular weight is 436 g/mol. The number of fused-ring (bicyclic) bond motifs is 1. The van der Waals surface area contributed by atoms with Crippen LogP contribution in [-0.4, -0.2) is 42.8 Å². The Labute approximate surface area is 183 Å². The van der Waals surface area contributed by atoms with Crippen LogP contribution in [0, 0.1) is 0 Å². The number of para-hydroxylation sites is 1.